The van der Waals surface area contributed by atoms with Gasteiger partial charge in [0.25, 0.3) is 0 Å². The summed E-state index contributed by atoms with van der Waals surface area (Å²) in [4.78, 5) is 27.9. The molecule has 2 amide bonds. The van der Waals surface area contributed by atoms with Crippen molar-refractivity contribution in [2.75, 3.05) is 13.6 Å². The standard InChI is InChI=1S/C13H19N3O3/c1-10(11-6-3-4-8-14-11)15-13(19)16(2)9-5-7-12(17)18/h3-4,6,8,10H,5,7,9H2,1-2H3,(H,15,19)(H,17,18). The maximum atomic E-state index is 11.8. The molecule has 104 valence electrons. The highest BCUT2D eigenvalue weighted by molar-refractivity contribution is 5.74. The van der Waals surface area contributed by atoms with Gasteiger partial charge in [0, 0.05) is 26.2 Å². The highest BCUT2D eigenvalue weighted by Crippen LogP contribution is 2.08. The lowest BCUT2D eigenvalue weighted by atomic mass is 10.2. The van der Waals surface area contributed by atoms with Crippen molar-refractivity contribution in [2.24, 2.45) is 0 Å². The van der Waals surface area contributed by atoms with Gasteiger partial charge < -0.3 is 15.3 Å². The van der Waals surface area contributed by atoms with Crippen LogP contribution in [0.5, 0.6) is 0 Å². The van der Waals surface area contributed by atoms with Crippen LogP contribution in [-0.4, -0.2) is 40.6 Å². The SMILES string of the molecule is CC(NC(=O)N(C)CCCC(=O)O)c1ccccn1. The topological polar surface area (TPSA) is 82.5 Å². The number of carbonyl (C=O) groups excluding carboxylic acids is 1. The number of hydrogen-bond acceptors (Lipinski definition) is 3. The summed E-state index contributed by atoms with van der Waals surface area (Å²) < 4.78 is 0. The Morgan fingerprint density at radius 1 is 1.47 bits per heavy atom. The molecule has 0 aliphatic heterocycles. The molecule has 1 heterocycles. The van der Waals surface area contributed by atoms with Gasteiger partial charge >= 0.3 is 12.0 Å². The molecule has 0 saturated heterocycles. The van der Waals surface area contributed by atoms with E-state index in [4.69, 9.17) is 5.11 Å². The maximum absolute atomic E-state index is 11.8. The van der Waals surface area contributed by atoms with Crippen LogP contribution >= 0.6 is 0 Å². The lowest BCUT2D eigenvalue weighted by molar-refractivity contribution is -0.137. The predicted octanol–water partition coefficient (Wildman–Crippen LogP) is 1.65. The summed E-state index contributed by atoms with van der Waals surface area (Å²) in [5, 5.41) is 11.3. The zero-order chi connectivity index (χ0) is 14.3. The summed E-state index contributed by atoms with van der Waals surface area (Å²) in [6.45, 7) is 2.26. The Morgan fingerprint density at radius 2 is 2.21 bits per heavy atom. The number of nitrogens with one attached hydrogen (secondary N) is 1. The Hall–Kier alpha value is -2.11. The summed E-state index contributed by atoms with van der Waals surface area (Å²) in [6.07, 6.45) is 2.18. The van der Waals surface area contributed by atoms with Crippen molar-refractivity contribution < 1.29 is 14.7 Å². The van der Waals surface area contributed by atoms with E-state index >= 15 is 0 Å². The van der Waals surface area contributed by atoms with E-state index in [0.29, 0.717) is 13.0 Å². The Bertz CT molecular complexity index is 422. The molecule has 1 rings (SSSR count). The molecule has 0 aliphatic rings. The number of aromatic nitrogens is 1. The van der Waals surface area contributed by atoms with Gasteiger partial charge in [0.15, 0.2) is 0 Å². The van der Waals surface area contributed by atoms with Gasteiger partial charge in [0.2, 0.25) is 0 Å². The molecule has 6 heteroatoms. The molecule has 1 unspecified atom stereocenters. The molecule has 0 spiro atoms. The second kappa shape index (κ2) is 7.35. The highest BCUT2D eigenvalue weighted by Gasteiger charge is 2.13. The van der Waals surface area contributed by atoms with Crippen LogP contribution in [0, 0.1) is 0 Å². The van der Waals surface area contributed by atoms with Crippen molar-refractivity contribution in [1.29, 1.82) is 0 Å². The Labute approximate surface area is 112 Å². The molecule has 1 atom stereocenters. The van der Waals surface area contributed by atoms with E-state index in [2.05, 4.69) is 10.3 Å². The van der Waals surface area contributed by atoms with Crippen LogP contribution in [0.3, 0.4) is 0 Å². The number of carbonyl (C=O) groups is 2. The first-order chi connectivity index (χ1) is 9.00. The number of rotatable bonds is 6. The van der Waals surface area contributed by atoms with Gasteiger partial charge in [-0.2, -0.15) is 0 Å². The molecule has 1 aromatic rings. The molecule has 0 radical (unpaired) electrons. The second-order valence-electron chi connectivity index (χ2n) is 4.34. The largest absolute Gasteiger partial charge is 0.481 e. The first-order valence-electron chi connectivity index (χ1n) is 6.15. The minimum atomic E-state index is -0.851. The minimum Gasteiger partial charge on any atom is -0.481 e. The molecule has 0 aromatic carbocycles. The van der Waals surface area contributed by atoms with E-state index in [9.17, 15) is 9.59 Å². The van der Waals surface area contributed by atoms with Gasteiger partial charge in [-0.1, -0.05) is 6.07 Å². The summed E-state index contributed by atoms with van der Waals surface area (Å²) in [5.41, 5.74) is 0.787. The summed E-state index contributed by atoms with van der Waals surface area (Å²) >= 11 is 0. The quantitative estimate of drug-likeness (QED) is 0.819. The molecule has 6 nitrogen and oxygen atoms in total. The molecule has 0 bridgehead atoms. The number of hydrogen-bond donors (Lipinski definition) is 2. The lowest BCUT2D eigenvalue weighted by Crippen LogP contribution is -2.39. The smallest absolute Gasteiger partial charge is 0.317 e. The maximum Gasteiger partial charge on any atom is 0.317 e. The third kappa shape index (κ3) is 5.37. The number of aliphatic carboxylic acids is 1. The number of pyridine rings is 1. The van der Waals surface area contributed by atoms with E-state index < -0.39 is 5.97 Å². The van der Waals surface area contributed by atoms with Crippen molar-refractivity contribution in [2.45, 2.75) is 25.8 Å². The Balaban J connectivity index is 2.39. The van der Waals surface area contributed by atoms with Gasteiger partial charge in [-0.25, -0.2) is 4.79 Å². The molecular weight excluding hydrogens is 246 g/mol. The van der Waals surface area contributed by atoms with E-state index in [1.807, 2.05) is 25.1 Å². The van der Waals surface area contributed by atoms with E-state index in [0.717, 1.165) is 5.69 Å². The van der Waals surface area contributed by atoms with Crippen LogP contribution in [0.25, 0.3) is 0 Å². The molecular formula is C13H19N3O3. The van der Waals surface area contributed by atoms with Crippen LogP contribution in [0.4, 0.5) is 4.79 Å². The summed E-state index contributed by atoms with van der Waals surface area (Å²) in [5.74, 6) is -0.851. The van der Waals surface area contributed by atoms with Crippen molar-refractivity contribution in [1.82, 2.24) is 15.2 Å². The molecule has 1 aromatic heterocycles. The van der Waals surface area contributed by atoms with Crippen LogP contribution in [-0.2, 0) is 4.79 Å². The second-order valence-corrected chi connectivity index (χ2v) is 4.34. The fourth-order valence-electron chi connectivity index (χ4n) is 1.57. The van der Waals surface area contributed by atoms with Gasteiger partial charge in [0.05, 0.1) is 11.7 Å². The first-order valence-corrected chi connectivity index (χ1v) is 6.15. The average Bonchev–Trinajstić information content (AvgIpc) is 2.39. The Kier molecular flexibility index (Phi) is 5.78. The van der Waals surface area contributed by atoms with Crippen molar-refractivity contribution in [3.8, 4) is 0 Å². The molecule has 19 heavy (non-hydrogen) atoms. The van der Waals surface area contributed by atoms with Gasteiger partial charge in [-0.15, -0.1) is 0 Å². The molecule has 2 N–H and O–H groups in total. The predicted molar refractivity (Wildman–Crippen MR) is 70.7 cm³/mol. The summed E-state index contributed by atoms with van der Waals surface area (Å²) in [6, 6.07) is 5.10. The monoisotopic (exact) mass is 265 g/mol. The van der Waals surface area contributed by atoms with Crippen molar-refractivity contribution in [3.05, 3.63) is 30.1 Å². The normalized spacial score (nSPS) is 11.7. The van der Waals surface area contributed by atoms with Gasteiger partial charge in [-0.05, 0) is 25.5 Å². The van der Waals surface area contributed by atoms with Gasteiger partial charge in [0.1, 0.15) is 0 Å². The van der Waals surface area contributed by atoms with E-state index in [1.165, 1.54) is 4.90 Å². The minimum absolute atomic E-state index is 0.0629. The first kappa shape index (κ1) is 14.9. The third-order valence-corrected chi connectivity index (χ3v) is 2.70. The Morgan fingerprint density at radius 3 is 2.79 bits per heavy atom. The fourth-order valence-corrected chi connectivity index (χ4v) is 1.57. The summed E-state index contributed by atoms with van der Waals surface area (Å²) in [7, 11) is 1.64. The number of amides is 2. The van der Waals surface area contributed by atoms with Gasteiger partial charge in [-0.3, -0.25) is 9.78 Å². The molecule has 0 saturated carbocycles. The molecule has 0 aliphatic carbocycles. The van der Waals surface area contributed by atoms with Crippen LogP contribution < -0.4 is 5.32 Å². The third-order valence-electron chi connectivity index (χ3n) is 2.70. The van der Waals surface area contributed by atoms with Crippen molar-refractivity contribution in [3.63, 3.8) is 0 Å². The zero-order valence-electron chi connectivity index (χ0n) is 11.2. The lowest BCUT2D eigenvalue weighted by Gasteiger charge is -2.20. The number of urea groups is 1. The average molecular weight is 265 g/mol. The van der Waals surface area contributed by atoms with Crippen LogP contribution in [0.2, 0.25) is 0 Å². The fraction of sp³-hybridized carbons (Fsp3) is 0.462. The number of nitrogens with zero attached hydrogens (tertiary/aromatic N) is 2. The number of carboxylic acids is 1. The number of carboxylic acid groups (broad SMARTS) is 1. The molecule has 0 fully saturated rings. The highest BCUT2D eigenvalue weighted by atomic mass is 16.4. The van der Waals surface area contributed by atoms with Crippen molar-refractivity contribution >= 4 is 12.0 Å². The zero-order valence-corrected chi connectivity index (χ0v) is 11.2. The van der Waals surface area contributed by atoms with Crippen LogP contribution in [0.15, 0.2) is 24.4 Å². The van der Waals surface area contributed by atoms with E-state index in [1.54, 1.807) is 13.2 Å². The van der Waals surface area contributed by atoms with E-state index in [-0.39, 0.29) is 18.5 Å². The van der Waals surface area contributed by atoms with Crippen LogP contribution in [0.1, 0.15) is 31.5 Å².